The van der Waals surface area contributed by atoms with Gasteiger partial charge in [0.15, 0.2) is 0 Å². The Balaban J connectivity index is 2.41. The minimum absolute atomic E-state index is 0.129. The molecule has 2 aromatic rings. The lowest BCUT2D eigenvalue weighted by molar-refractivity contribution is -0.119. The summed E-state index contributed by atoms with van der Waals surface area (Å²) in [5.74, 6) is -0.513. The predicted molar refractivity (Wildman–Crippen MR) is 111 cm³/mol. The number of aryl methyl sites for hydroxylation is 1. The lowest BCUT2D eigenvalue weighted by Gasteiger charge is -2.24. The number of nitrogens with zero attached hydrogens (tertiary/aromatic N) is 2. The lowest BCUT2D eigenvalue weighted by Crippen LogP contribution is -2.39. The minimum atomic E-state index is -3.91. The third-order valence-electron chi connectivity index (χ3n) is 3.66. The second-order valence-corrected chi connectivity index (χ2v) is 8.86. The van der Waals surface area contributed by atoms with E-state index in [0.29, 0.717) is 11.4 Å². The quantitative estimate of drug-likeness (QED) is 0.435. The number of benzene rings is 2. The third kappa shape index (κ3) is 5.58. The third-order valence-corrected chi connectivity index (χ3v) is 6.19. The largest absolute Gasteiger partial charge is 0.271 e. The van der Waals surface area contributed by atoms with Crippen LogP contribution >= 0.6 is 11.8 Å². The number of carbonyl (C=O) groups excluding carboxylic acids is 1. The molecule has 0 bridgehead atoms. The van der Waals surface area contributed by atoms with Crippen LogP contribution in [-0.2, 0) is 14.8 Å². The van der Waals surface area contributed by atoms with Gasteiger partial charge < -0.3 is 0 Å². The molecule has 0 aromatic heterocycles. The Morgan fingerprint density at radius 1 is 1.07 bits per heavy atom. The average Bonchev–Trinajstić information content (AvgIpc) is 2.65. The number of anilines is 1. The number of carbonyl (C=O) groups is 1. The fourth-order valence-electron chi connectivity index (χ4n) is 2.24. The van der Waals surface area contributed by atoms with Gasteiger partial charge in [0.2, 0.25) is 0 Å². The Labute approximate surface area is 164 Å². The van der Waals surface area contributed by atoms with Crippen LogP contribution < -0.4 is 9.73 Å². The van der Waals surface area contributed by atoms with Gasteiger partial charge in [-0.2, -0.15) is 5.10 Å². The summed E-state index contributed by atoms with van der Waals surface area (Å²) in [7, 11) is -3.91. The number of nitrogens with one attached hydrogen (secondary N) is 1. The van der Waals surface area contributed by atoms with Gasteiger partial charge in [-0.3, -0.25) is 9.10 Å². The molecule has 27 heavy (non-hydrogen) atoms. The van der Waals surface area contributed by atoms with Crippen LogP contribution in [0.2, 0.25) is 0 Å². The van der Waals surface area contributed by atoms with E-state index in [1.165, 1.54) is 11.8 Å². The van der Waals surface area contributed by atoms with Crippen LogP contribution in [0.25, 0.3) is 0 Å². The van der Waals surface area contributed by atoms with Crippen LogP contribution in [0.15, 0.2) is 63.4 Å². The highest BCUT2D eigenvalue weighted by Gasteiger charge is 2.27. The van der Waals surface area contributed by atoms with Crippen molar-refractivity contribution in [2.75, 3.05) is 17.1 Å². The summed E-state index contributed by atoms with van der Waals surface area (Å²) in [5.41, 5.74) is 4.46. The van der Waals surface area contributed by atoms with Crippen LogP contribution in [0.3, 0.4) is 0 Å². The van der Waals surface area contributed by atoms with Gasteiger partial charge in [-0.15, -0.1) is 11.8 Å². The highest BCUT2D eigenvalue weighted by molar-refractivity contribution is 7.98. The molecule has 1 N–H and O–H groups in total. The first-order chi connectivity index (χ1) is 12.7. The Bertz CT molecular complexity index is 918. The van der Waals surface area contributed by atoms with Crippen molar-refractivity contribution in [1.82, 2.24) is 5.43 Å². The molecule has 0 fully saturated rings. The van der Waals surface area contributed by atoms with Gasteiger partial charge >= 0.3 is 0 Å². The summed E-state index contributed by atoms with van der Waals surface area (Å²) in [5, 5.41) is 3.86. The van der Waals surface area contributed by atoms with Gasteiger partial charge in [0.1, 0.15) is 6.54 Å². The number of amides is 1. The monoisotopic (exact) mass is 405 g/mol. The fourth-order valence-corrected chi connectivity index (χ4v) is 4.07. The number of hydrogen-bond acceptors (Lipinski definition) is 5. The SMILES string of the molecule is CSc1ccc(S(=O)(=O)N(CC(=O)NN=C(C)C)c2ccc(C)cc2)cc1. The van der Waals surface area contributed by atoms with Gasteiger partial charge in [-0.05, 0) is 63.4 Å². The van der Waals surface area contributed by atoms with E-state index < -0.39 is 15.9 Å². The standard InChI is InChI=1S/C19H23N3O3S2/c1-14(2)20-21-19(23)13-22(16-7-5-15(3)6-8-16)27(24,25)18-11-9-17(26-4)10-12-18/h5-12H,13H2,1-4H3,(H,21,23). The zero-order valence-corrected chi connectivity index (χ0v) is 17.4. The van der Waals surface area contributed by atoms with Gasteiger partial charge in [-0.25, -0.2) is 13.8 Å². The van der Waals surface area contributed by atoms with Gasteiger partial charge in [0.25, 0.3) is 15.9 Å². The highest BCUT2D eigenvalue weighted by Crippen LogP contribution is 2.25. The molecule has 1 amide bonds. The van der Waals surface area contributed by atoms with Gasteiger partial charge in [-0.1, -0.05) is 17.7 Å². The lowest BCUT2D eigenvalue weighted by atomic mass is 10.2. The number of hydrogen-bond donors (Lipinski definition) is 1. The van der Waals surface area contributed by atoms with Crippen molar-refractivity contribution >= 4 is 39.1 Å². The number of sulfonamides is 1. The van der Waals surface area contributed by atoms with Crippen LogP contribution in [-0.4, -0.2) is 32.8 Å². The van der Waals surface area contributed by atoms with E-state index in [2.05, 4.69) is 10.5 Å². The van der Waals surface area contributed by atoms with E-state index in [4.69, 9.17) is 0 Å². The molecule has 0 atom stereocenters. The zero-order chi connectivity index (χ0) is 20.0. The number of rotatable bonds is 7. The molecule has 0 radical (unpaired) electrons. The van der Waals surface area contributed by atoms with Crippen LogP contribution in [0, 0.1) is 6.92 Å². The molecule has 6 nitrogen and oxygen atoms in total. The summed E-state index contributed by atoms with van der Waals surface area (Å²) < 4.78 is 27.5. The second kappa shape index (κ2) is 9.05. The van der Waals surface area contributed by atoms with Crippen LogP contribution in [0.5, 0.6) is 0 Å². The topological polar surface area (TPSA) is 78.8 Å². The Morgan fingerprint density at radius 3 is 2.19 bits per heavy atom. The molecular weight excluding hydrogens is 382 g/mol. The first kappa shape index (κ1) is 21.0. The first-order valence-electron chi connectivity index (χ1n) is 8.27. The van der Waals surface area contributed by atoms with Crippen molar-refractivity contribution in [2.45, 2.75) is 30.6 Å². The Hall–Kier alpha value is -2.32. The molecule has 8 heteroatoms. The number of thioether (sulfide) groups is 1. The van der Waals surface area contributed by atoms with E-state index in [-0.39, 0.29) is 11.4 Å². The second-order valence-electron chi connectivity index (χ2n) is 6.12. The maximum atomic E-state index is 13.2. The maximum absolute atomic E-state index is 13.2. The maximum Gasteiger partial charge on any atom is 0.264 e. The molecule has 0 saturated carbocycles. The summed E-state index contributed by atoms with van der Waals surface area (Å²) in [6, 6.07) is 13.6. The predicted octanol–water partition coefficient (Wildman–Crippen LogP) is 3.42. The first-order valence-corrected chi connectivity index (χ1v) is 10.9. The van der Waals surface area contributed by atoms with Crippen LogP contribution in [0.1, 0.15) is 19.4 Å². The van der Waals surface area contributed by atoms with Crippen molar-refractivity contribution in [3.05, 3.63) is 54.1 Å². The molecule has 0 aliphatic rings. The molecule has 0 aliphatic carbocycles. The smallest absolute Gasteiger partial charge is 0.264 e. The van der Waals surface area contributed by atoms with E-state index >= 15 is 0 Å². The van der Waals surface area contributed by atoms with Crippen molar-refractivity contribution in [3.63, 3.8) is 0 Å². The normalized spacial score (nSPS) is 11.0. The molecular formula is C19H23N3O3S2. The van der Waals surface area contributed by atoms with Crippen molar-refractivity contribution in [1.29, 1.82) is 0 Å². The number of hydrazone groups is 1. The Morgan fingerprint density at radius 2 is 1.67 bits per heavy atom. The summed E-state index contributed by atoms with van der Waals surface area (Å²) in [6.07, 6.45) is 1.92. The molecule has 144 valence electrons. The molecule has 2 aromatic carbocycles. The van der Waals surface area contributed by atoms with Gasteiger partial charge in [0.05, 0.1) is 10.6 Å². The molecule has 0 unspecified atom stereocenters. The van der Waals surface area contributed by atoms with Crippen molar-refractivity contribution in [2.24, 2.45) is 5.10 Å². The Kier molecular flexibility index (Phi) is 7.04. The fraction of sp³-hybridized carbons (Fsp3) is 0.263. The van der Waals surface area contributed by atoms with Crippen molar-refractivity contribution < 1.29 is 13.2 Å². The van der Waals surface area contributed by atoms with Crippen molar-refractivity contribution in [3.8, 4) is 0 Å². The van der Waals surface area contributed by atoms with Crippen LogP contribution in [0.4, 0.5) is 5.69 Å². The molecule has 0 heterocycles. The van der Waals surface area contributed by atoms with Gasteiger partial charge in [0, 0.05) is 10.6 Å². The van der Waals surface area contributed by atoms with E-state index in [1.807, 2.05) is 13.2 Å². The zero-order valence-electron chi connectivity index (χ0n) is 15.8. The van der Waals surface area contributed by atoms with E-state index in [1.54, 1.807) is 62.4 Å². The highest BCUT2D eigenvalue weighted by atomic mass is 32.2. The minimum Gasteiger partial charge on any atom is -0.271 e. The summed E-state index contributed by atoms with van der Waals surface area (Å²) in [4.78, 5) is 13.3. The summed E-state index contributed by atoms with van der Waals surface area (Å²) >= 11 is 1.53. The van der Waals surface area contributed by atoms with E-state index in [9.17, 15) is 13.2 Å². The van der Waals surface area contributed by atoms with E-state index in [0.717, 1.165) is 14.8 Å². The average molecular weight is 406 g/mol. The summed E-state index contributed by atoms with van der Waals surface area (Å²) in [6.45, 7) is 5.02. The molecule has 0 saturated heterocycles. The molecule has 0 spiro atoms. The molecule has 0 aliphatic heterocycles. The molecule has 2 rings (SSSR count).